The lowest BCUT2D eigenvalue weighted by molar-refractivity contribution is -0.139. The molecule has 1 aromatic heterocycles. The van der Waals surface area contributed by atoms with Crippen LogP contribution >= 0.6 is 11.6 Å². The van der Waals surface area contributed by atoms with E-state index in [1.807, 2.05) is 18.2 Å². The molecular weight excluding hydrogens is 350 g/mol. The summed E-state index contributed by atoms with van der Waals surface area (Å²) in [5.74, 6) is -0.218. The fraction of sp³-hybridized carbons (Fsp3) is 0.238. The Morgan fingerprint density at radius 3 is 2.42 bits per heavy atom. The molecule has 0 amide bonds. The molecular formula is C21H20ClNO3. The van der Waals surface area contributed by atoms with Gasteiger partial charge in [-0.1, -0.05) is 31.5 Å². The van der Waals surface area contributed by atoms with Crippen molar-refractivity contribution in [1.29, 1.82) is 0 Å². The molecule has 0 unspecified atom stereocenters. The van der Waals surface area contributed by atoms with Gasteiger partial charge < -0.3 is 9.72 Å². The van der Waals surface area contributed by atoms with Gasteiger partial charge in [0.25, 0.3) is 0 Å². The number of carbonyl (C=O) groups excluding carboxylic acids is 2. The third-order valence-electron chi connectivity index (χ3n) is 4.48. The maximum absolute atomic E-state index is 13.0. The van der Waals surface area contributed by atoms with E-state index >= 15 is 0 Å². The third kappa shape index (κ3) is 3.51. The van der Waals surface area contributed by atoms with Gasteiger partial charge in [-0.3, -0.25) is 9.59 Å². The number of carbonyl (C=O) groups is 2. The molecule has 134 valence electrons. The largest absolute Gasteiger partial charge is 0.469 e. The van der Waals surface area contributed by atoms with Crippen molar-refractivity contribution in [1.82, 2.24) is 4.98 Å². The van der Waals surface area contributed by atoms with E-state index < -0.39 is 0 Å². The predicted molar refractivity (Wildman–Crippen MR) is 103 cm³/mol. The number of ether oxygens (including phenoxy) is 1. The van der Waals surface area contributed by atoms with Gasteiger partial charge in [0.15, 0.2) is 0 Å². The predicted octanol–water partition coefficient (Wildman–Crippen LogP) is 4.89. The molecule has 4 nitrogen and oxygen atoms in total. The van der Waals surface area contributed by atoms with Gasteiger partial charge >= 0.3 is 5.97 Å². The van der Waals surface area contributed by atoms with Crippen molar-refractivity contribution in [2.24, 2.45) is 0 Å². The van der Waals surface area contributed by atoms with Crippen LogP contribution in [0.2, 0.25) is 5.02 Å². The Bertz CT molecular complexity index is 971. The van der Waals surface area contributed by atoms with Crippen LogP contribution in [0.5, 0.6) is 0 Å². The van der Waals surface area contributed by atoms with Crippen molar-refractivity contribution in [3.05, 3.63) is 69.9 Å². The zero-order valence-corrected chi connectivity index (χ0v) is 15.7. The number of halogens is 1. The number of esters is 1. The molecule has 0 aliphatic carbocycles. The van der Waals surface area contributed by atoms with E-state index in [9.17, 15) is 9.59 Å². The van der Waals surface area contributed by atoms with Crippen LogP contribution in [-0.4, -0.2) is 23.8 Å². The minimum absolute atomic E-state index is 0.0344. The number of aromatic amines is 1. The lowest BCUT2D eigenvalue weighted by Crippen LogP contribution is -2.10. The van der Waals surface area contributed by atoms with Gasteiger partial charge in [-0.2, -0.15) is 0 Å². The van der Waals surface area contributed by atoms with Crippen LogP contribution < -0.4 is 0 Å². The first-order valence-corrected chi connectivity index (χ1v) is 8.80. The highest BCUT2D eigenvalue weighted by atomic mass is 35.5. The number of ketones is 1. The first-order valence-electron chi connectivity index (χ1n) is 8.42. The first kappa shape index (κ1) is 18.2. The fourth-order valence-corrected chi connectivity index (χ4v) is 3.09. The average Bonchev–Trinajstić information content (AvgIpc) is 2.99. The highest BCUT2D eigenvalue weighted by molar-refractivity contribution is 6.30. The molecule has 0 aliphatic rings. The van der Waals surface area contributed by atoms with Gasteiger partial charge in [0.05, 0.1) is 19.2 Å². The van der Waals surface area contributed by atoms with E-state index in [2.05, 4.69) is 18.8 Å². The zero-order chi connectivity index (χ0) is 18.8. The van der Waals surface area contributed by atoms with Crippen LogP contribution in [0.1, 0.15) is 46.9 Å². The Labute approximate surface area is 157 Å². The van der Waals surface area contributed by atoms with Crippen LogP contribution in [0, 0.1) is 0 Å². The van der Waals surface area contributed by atoms with Crippen LogP contribution in [0.15, 0.2) is 42.5 Å². The Kier molecular flexibility index (Phi) is 5.14. The van der Waals surface area contributed by atoms with Gasteiger partial charge in [-0.25, -0.2) is 0 Å². The molecule has 0 saturated heterocycles. The summed E-state index contributed by atoms with van der Waals surface area (Å²) in [6.45, 7) is 4.21. The highest BCUT2D eigenvalue weighted by Crippen LogP contribution is 2.29. The number of aromatic nitrogens is 1. The Balaban J connectivity index is 2.16. The summed E-state index contributed by atoms with van der Waals surface area (Å²) in [5.41, 5.74) is 3.55. The second-order valence-corrected chi connectivity index (χ2v) is 6.96. The number of rotatable bonds is 5. The summed E-state index contributed by atoms with van der Waals surface area (Å²) in [7, 11) is 1.34. The Morgan fingerprint density at radius 1 is 1.12 bits per heavy atom. The number of hydrogen-bond donors (Lipinski definition) is 1. The molecule has 3 aromatic rings. The third-order valence-corrected chi connectivity index (χ3v) is 4.73. The van der Waals surface area contributed by atoms with E-state index in [0.29, 0.717) is 27.8 Å². The average molecular weight is 370 g/mol. The number of hydrogen-bond acceptors (Lipinski definition) is 3. The number of nitrogens with one attached hydrogen (secondary N) is 1. The molecule has 3 rings (SSSR count). The molecule has 0 bridgehead atoms. The molecule has 0 fully saturated rings. The van der Waals surface area contributed by atoms with Crippen LogP contribution in [0.3, 0.4) is 0 Å². The van der Waals surface area contributed by atoms with E-state index in [0.717, 1.165) is 16.5 Å². The maximum Gasteiger partial charge on any atom is 0.310 e. The zero-order valence-electron chi connectivity index (χ0n) is 14.9. The van der Waals surface area contributed by atoms with Gasteiger partial charge in [-0.05, 0) is 47.9 Å². The van der Waals surface area contributed by atoms with Crippen molar-refractivity contribution < 1.29 is 14.3 Å². The molecule has 1 N–H and O–H groups in total. The van der Waals surface area contributed by atoms with Gasteiger partial charge in [-0.15, -0.1) is 0 Å². The molecule has 0 aliphatic heterocycles. The smallest absolute Gasteiger partial charge is 0.310 e. The number of methoxy groups -OCH3 is 1. The monoisotopic (exact) mass is 369 g/mol. The van der Waals surface area contributed by atoms with E-state index in [4.69, 9.17) is 16.3 Å². The molecule has 0 spiro atoms. The Morgan fingerprint density at radius 2 is 1.81 bits per heavy atom. The van der Waals surface area contributed by atoms with Crippen molar-refractivity contribution >= 4 is 34.3 Å². The summed E-state index contributed by atoms with van der Waals surface area (Å²) < 4.78 is 4.82. The number of benzene rings is 2. The van der Waals surface area contributed by atoms with Crippen molar-refractivity contribution in [2.75, 3.05) is 7.11 Å². The van der Waals surface area contributed by atoms with Crippen LogP contribution in [0.4, 0.5) is 0 Å². The number of fused-ring (bicyclic) bond motifs is 1. The molecule has 2 aromatic carbocycles. The summed E-state index contributed by atoms with van der Waals surface area (Å²) >= 11 is 5.91. The van der Waals surface area contributed by atoms with E-state index in [-0.39, 0.29) is 18.2 Å². The molecule has 5 heteroatoms. The summed E-state index contributed by atoms with van der Waals surface area (Å²) in [5, 5.41) is 1.44. The summed E-state index contributed by atoms with van der Waals surface area (Å²) in [6, 6.07) is 12.7. The quantitative estimate of drug-likeness (QED) is 0.514. The number of H-pyrrole nitrogens is 1. The van der Waals surface area contributed by atoms with Gasteiger partial charge in [0.2, 0.25) is 5.78 Å². The molecule has 0 saturated carbocycles. The standard InChI is InChI=1S/C21H20ClNO3/c1-12(2)14-6-9-18-16(10-14)17(11-19(24)26-3)20(23-18)21(25)13-4-7-15(22)8-5-13/h4-10,12,23H,11H2,1-3H3. The SMILES string of the molecule is COC(=O)Cc1c(C(=O)c2ccc(Cl)cc2)[nH]c2ccc(C(C)C)cc12. The lowest BCUT2D eigenvalue weighted by Gasteiger charge is -2.07. The minimum Gasteiger partial charge on any atom is -0.469 e. The van der Waals surface area contributed by atoms with Gasteiger partial charge in [0, 0.05) is 27.1 Å². The van der Waals surface area contributed by atoms with Crippen molar-refractivity contribution in [2.45, 2.75) is 26.2 Å². The fourth-order valence-electron chi connectivity index (χ4n) is 2.96. The van der Waals surface area contributed by atoms with Crippen LogP contribution in [-0.2, 0) is 16.0 Å². The van der Waals surface area contributed by atoms with E-state index in [1.54, 1.807) is 24.3 Å². The summed E-state index contributed by atoms with van der Waals surface area (Å²) in [6.07, 6.45) is 0.0344. The second kappa shape index (κ2) is 7.34. The first-order chi connectivity index (χ1) is 12.4. The highest BCUT2D eigenvalue weighted by Gasteiger charge is 2.22. The van der Waals surface area contributed by atoms with Crippen LogP contribution in [0.25, 0.3) is 10.9 Å². The maximum atomic E-state index is 13.0. The van der Waals surface area contributed by atoms with Gasteiger partial charge in [0.1, 0.15) is 0 Å². The second-order valence-electron chi connectivity index (χ2n) is 6.53. The molecule has 0 radical (unpaired) electrons. The molecule has 26 heavy (non-hydrogen) atoms. The topological polar surface area (TPSA) is 59.2 Å². The minimum atomic E-state index is -0.383. The summed E-state index contributed by atoms with van der Waals surface area (Å²) in [4.78, 5) is 28.1. The van der Waals surface area contributed by atoms with Crippen molar-refractivity contribution in [3.63, 3.8) is 0 Å². The van der Waals surface area contributed by atoms with Crippen molar-refractivity contribution in [3.8, 4) is 0 Å². The molecule has 1 heterocycles. The molecule has 0 atom stereocenters. The lowest BCUT2D eigenvalue weighted by atomic mass is 9.97. The normalized spacial score (nSPS) is 11.1. The van der Waals surface area contributed by atoms with E-state index in [1.165, 1.54) is 7.11 Å². The Hall–Kier alpha value is -2.59.